The van der Waals surface area contributed by atoms with E-state index in [0.29, 0.717) is 5.89 Å². The van der Waals surface area contributed by atoms with Crippen molar-refractivity contribution in [2.24, 2.45) is 0 Å². The fraction of sp³-hybridized carbons (Fsp3) is 0. The molecule has 1 aromatic heterocycles. The molecule has 6 nitrogen and oxygen atoms in total. The number of para-hydroxylation sites is 1. The number of halogens is 1. The minimum Gasteiger partial charge on any atom is -0.456 e. The summed E-state index contributed by atoms with van der Waals surface area (Å²) in [4.78, 5) is 12.6. The number of rotatable bonds is 5. The maximum Gasteiger partial charge on any atom is 0.322 e. The lowest BCUT2D eigenvalue weighted by molar-refractivity contribution is 0.102. The van der Waals surface area contributed by atoms with Gasteiger partial charge in [-0.25, -0.2) is 4.39 Å². The SMILES string of the molecule is O=C(Nc1nnc(-c2ccccc2)o1)c1ccccc1Oc1cccc(F)c1. The van der Waals surface area contributed by atoms with Gasteiger partial charge >= 0.3 is 6.01 Å². The first-order chi connectivity index (χ1) is 13.7. The molecule has 138 valence electrons. The Bertz CT molecular complexity index is 1110. The molecule has 28 heavy (non-hydrogen) atoms. The highest BCUT2D eigenvalue weighted by atomic mass is 19.1. The van der Waals surface area contributed by atoms with Gasteiger partial charge in [0, 0.05) is 11.6 Å². The molecule has 0 aliphatic rings. The summed E-state index contributed by atoms with van der Waals surface area (Å²) in [5.41, 5.74) is 0.983. The first kappa shape index (κ1) is 17.4. The molecule has 0 unspecified atom stereocenters. The maximum absolute atomic E-state index is 13.4. The van der Waals surface area contributed by atoms with Gasteiger partial charge in [-0.3, -0.25) is 10.1 Å². The van der Waals surface area contributed by atoms with Crippen LogP contribution in [0.2, 0.25) is 0 Å². The third-order valence-electron chi connectivity index (χ3n) is 3.82. The summed E-state index contributed by atoms with van der Waals surface area (Å²) in [5.74, 6) is -0.0769. The zero-order valence-electron chi connectivity index (χ0n) is 14.5. The second-order valence-corrected chi connectivity index (χ2v) is 5.79. The molecule has 0 fully saturated rings. The third-order valence-corrected chi connectivity index (χ3v) is 3.82. The van der Waals surface area contributed by atoms with Crippen LogP contribution in [0.4, 0.5) is 10.4 Å². The van der Waals surface area contributed by atoms with Crippen LogP contribution in [-0.2, 0) is 0 Å². The quantitative estimate of drug-likeness (QED) is 0.536. The van der Waals surface area contributed by atoms with Crippen LogP contribution in [0.5, 0.6) is 11.5 Å². The maximum atomic E-state index is 13.4. The predicted octanol–water partition coefficient (Wildman–Crippen LogP) is 4.92. The van der Waals surface area contributed by atoms with Crippen LogP contribution in [0.1, 0.15) is 10.4 Å². The van der Waals surface area contributed by atoms with E-state index in [1.807, 2.05) is 30.3 Å². The minimum atomic E-state index is -0.490. The summed E-state index contributed by atoms with van der Waals surface area (Å²) in [7, 11) is 0. The predicted molar refractivity (Wildman–Crippen MR) is 101 cm³/mol. The van der Waals surface area contributed by atoms with E-state index in [1.54, 1.807) is 30.3 Å². The average molecular weight is 375 g/mol. The molecule has 7 heteroatoms. The van der Waals surface area contributed by atoms with Crippen molar-refractivity contribution in [1.29, 1.82) is 0 Å². The van der Waals surface area contributed by atoms with Gasteiger partial charge in [-0.2, -0.15) is 0 Å². The number of ether oxygens (including phenoxy) is 1. The van der Waals surface area contributed by atoms with E-state index in [2.05, 4.69) is 15.5 Å². The number of hydrogen-bond acceptors (Lipinski definition) is 5. The van der Waals surface area contributed by atoms with Gasteiger partial charge in [0.25, 0.3) is 5.91 Å². The molecule has 3 aromatic carbocycles. The van der Waals surface area contributed by atoms with Crippen molar-refractivity contribution in [3.8, 4) is 23.0 Å². The number of hydrogen-bond donors (Lipinski definition) is 1. The number of carbonyl (C=O) groups excluding carboxylic acids is 1. The Morgan fingerprint density at radius 2 is 1.71 bits per heavy atom. The summed E-state index contributed by atoms with van der Waals surface area (Å²) >= 11 is 0. The Balaban J connectivity index is 1.54. The van der Waals surface area contributed by atoms with Crippen molar-refractivity contribution < 1.29 is 18.3 Å². The van der Waals surface area contributed by atoms with Gasteiger partial charge in [0.15, 0.2) is 0 Å². The van der Waals surface area contributed by atoms with E-state index < -0.39 is 11.7 Å². The first-order valence-electron chi connectivity index (χ1n) is 8.42. The van der Waals surface area contributed by atoms with Crippen LogP contribution in [0.15, 0.2) is 83.3 Å². The summed E-state index contributed by atoms with van der Waals surface area (Å²) in [6, 6.07) is 21.4. The Labute approximate surface area is 159 Å². The van der Waals surface area contributed by atoms with Crippen molar-refractivity contribution in [2.75, 3.05) is 5.32 Å². The molecule has 0 aliphatic heterocycles. The van der Waals surface area contributed by atoms with Crippen LogP contribution in [0.25, 0.3) is 11.5 Å². The molecule has 0 atom stereocenters. The van der Waals surface area contributed by atoms with E-state index in [1.165, 1.54) is 18.2 Å². The lowest BCUT2D eigenvalue weighted by Gasteiger charge is -2.10. The molecule has 1 N–H and O–H groups in total. The molecule has 4 rings (SSSR count). The van der Waals surface area contributed by atoms with E-state index in [4.69, 9.17) is 9.15 Å². The molecule has 0 saturated heterocycles. The second kappa shape index (κ2) is 7.71. The Morgan fingerprint density at radius 3 is 2.54 bits per heavy atom. The molecule has 4 aromatic rings. The fourth-order valence-electron chi connectivity index (χ4n) is 2.54. The van der Waals surface area contributed by atoms with Crippen LogP contribution < -0.4 is 10.1 Å². The molecule has 1 heterocycles. The number of amides is 1. The van der Waals surface area contributed by atoms with Gasteiger partial charge < -0.3 is 9.15 Å². The number of nitrogens with zero attached hydrogens (tertiary/aromatic N) is 2. The minimum absolute atomic E-state index is 0.0376. The van der Waals surface area contributed by atoms with Crippen LogP contribution in [0.3, 0.4) is 0 Å². The molecule has 0 saturated carbocycles. The smallest absolute Gasteiger partial charge is 0.322 e. The van der Waals surface area contributed by atoms with E-state index >= 15 is 0 Å². The average Bonchev–Trinajstić information content (AvgIpc) is 3.17. The largest absolute Gasteiger partial charge is 0.456 e. The van der Waals surface area contributed by atoms with Crippen molar-refractivity contribution >= 4 is 11.9 Å². The van der Waals surface area contributed by atoms with Crippen LogP contribution in [0, 0.1) is 5.82 Å². The highest BCUT2D eigenvalue weighted by Gasteiger charge is 2.16. The number of benzene rings is 3. The molecule has 0 bridgehead atoms. The summed E-state index contributed by atoms with van der Waals surface area (Å²) < 4.78 is 24.5. The Morgan fingerprint density at radius 1 is 0.929 bits per heavy atom. The van der Waals surface area contributed by atoms with E-state index in [-0.39, 0.29) is 23.1 Å². The van der Waals surface area contributed by atoms with Crippen molar-refractivity contribution in [2.45, 2.75) is 0 Å². The van der Waals surface area contributed by atoms with Gasteiger partial charge in [0.2, 0.25) is 5.89 Å². The first-order valence-corrected chi connectivity index (χ1v) is 8.42. The Kier molecular flexibility index (Phi) is 4.79. The fourth-order valence-corrected chi connectivity index (χ4v) is 2.54. The second-order valence-electron chi connectivity index (χ2n) is 5.79. The molecule has 0 radical (unpaired) electrons. The molecular weight excluding hydrogens is 361 g/mol. The Hall–Kier alpha value is -4.00. The number of aromatic nitrogens is 2. The topological polar surface area (TPSA) is 77.3 Å². The van der Waals surface area contributed by atoms with Crippen LogP contribution in [-0.4, -0.2) is 16.1 Å². The number of anilines is 1. The zero-order valence-corrected chi connectivity index (χ0v) is 14.5. The van der Waals surface area contributed by atoms with E-state index in [0.717, 1.165) is 5.56 Å². The highest BCUT2D eigenvalue weighted by Crippen LogP contribution is 2.27. The van der Waals surface area contributed by atoms with E-state index in [9.17, 15) is 9.18 Å². The summed E-state index contributed by atoms with van der Waals surface area (Å²) in [5, 5.41) is 10.3. The molecule has 0 aliphatic carbocycles. The van der Waals surface area contributed by atoms with Crippen molar-refractivity contribution in [1.82, 2.24) is 10.2 Å². The molecular formula is C21H14FN3O3. The normalized spacial score (nSPS) is 10.5. The monoisotopic (exact) mass is 375 g/mol. The van der Waals surface area contributed by atoms with Gasteiger partial charge in [0.05, 0.1) is 5.56 Å². The molecule has 0 spiro atoms. The van der Waals surface area contributed by atoms with Gasteiger partial charge in [-0.05, 0) is 36.4 Å². The lowest BCUT2D eigenvalue weighted by atomic mass is 10.2. The summed E-state index contributed by atoms with van der Waals surface area (Å²) in [6.07, 6.45) is 0. The summed E-state index contributed by atoms with van der Waals surface area (Å²) in [6.45, 7) is 0. The van der Waals surface area contributed by atoms with Crippen molar-refractivity contribution in [3.05, 3.63) is 90.2 Å². The third kappa shape index (κ3) is 3.88. The van der Waals surface area contributed by atoms with Crippen molar-refractivity contribution in [3.63, 3.8) is 0 Å². The molecule has 1 amide bonds. The van der Waals surface area contributed by atoms with Crippen LogP contribution >= 0.6 is 0 Å². The number of nitrogens with one attached hydrogen (secondary N) is 1. The highest BCUT2D eigenvalue weighted by molar-refractivity contribution is 6.05. The lowest BCUT2D eigenvalue weighted by Crippen LogP contribution is -2.13. The van der Waals surface area contributed by atoms with Gasteiger partial charge in [0.1, 0.15) is 17.3 Å². The standard InChI is InChI=1S/C21H14FN3O3/c22-15-9-6-10-16(13-15)27-18-12-5-4-11-17(18)19(26)23-21-25-24-20(28-21)14-7-2-1-3-8-14/h1-13H,(H,23,25,26). The van der Waals surface area contributed by atoms with Gasteiger partial charge in [-0.15, -0.1) is 5.10 Å². The van der Waals surface area contributed by atoms with Gasteiger partial charge in [-0.1, -0.05) is 41.5 Å². The number of carbonyl (C=O) groups is 1. The zero-order chi connectivity index (χ0) is 19.3.